The lowest BCUT2D eigenvalue weighted by Crippen LogP contribution is -2.31. The Hall–Kier alpha value is -1.82. The molecule has 5 nitrogen and oxygen atoms in total. The van der Waals surface area contributed by atoms with Crippen LogP contribution in [0.15, 0.2) is 23.3 Å². The first kappa shape index (κ1) is 12.3. The molecule has 16 heavy (non-hydrogen) atoms. The summed E-state index contributed by atoms with van der Waals surface area (Å²) >= 11 is 4.88. The van der Waals surface area contributed by atoms with Crippen LogP contribution in [0.3, 0.4) is 0 Å². The van der Waals surface area contributed by atoms with Gasteiger partial charge in [-0.15, -0.1) is 0 Å². The van der Waals surface area contributed by atoms with Crippen LogP contribution in [0.25, 0.3) is 0 Å². The van der Waals surface area contributed by atoms with E-state index in [1.54, 1.807) is 12.1 Å². The molecule has 0 aliphatic carbocycles. The maximum Gasteiger partial charge on any atom is 0.186 e. The molecule has 0 fully saturated rings. The van der Waals surface area contributed by atoms with Crippen molar-refractivity contribution in [2.75, 3.05) is 6.54 Å². The van der Waals surface area contributed by atoms with Gasteiger partial charge in [-0.2, -0.15) is 5.10 Å². The van der Waals surface area contributed by atoms with Gasteiger partial charge in [0.15, 0.2) is 16.6 Å². The fourth-order valence-electron chi connectivity index (χ4n) is 1.01. The van der Waals surface area contributed by atoms with Crippen molar-refractivity contribution < 1.29 is 10.2 Å². The van der Waals surface area contributed by atoms with Gasteiger partial charge >= 0.3 is 0 Å². The quantitative estimate of drug-likeness (QED) is 0.273. The highest BCUT2D eigenvalue weighted by Gasteiger charge is 2.02. The summed E-state index contributed by atoms with van der Waals surface area (Å²) < 4.78 is 0. The molecule has 0 saturated heterocycles. The number of hydrazone groups is 1. The molecule has 0 bridgehead atoms. The van der Waals surface area contributed by atoms with Crippen molar-refractivity contribution >= 4 is 23.5 Å². The minimum Gasteiger partial charge on any atom is -0.504 e. The van der Waals surface area contributed by atoms with Crippen LogP contribution in [-0.4, -0.2) is 28.1 Å². The highest BCUT2D eigenvalue weighted by Crippen LogP contribution is 2.26. The summed E-state index contributed by atoms with van der Waals surface area (Å²) in [6, 6.07) is 4.62. The number of hydrogen-bond donors (Lipinski definition) is 4. The van der Waals surface area contributed by atoms with Crippen LogP contribution in [0.5, 0.6) is 11.5 Å². The van der Waals surface area contributed by atoms with Crippen LogP contribution in [0.1, 0.15) is 12.5 Å². The molecule has 0 aromatic heterocycles. The summed E-state index contributed by atoms with van der Waals surface area (Å²) in [7, 11) is 0. The number of hydrogen-bond acceptors (Lipinski definition) is 4. The van der Waals surface area contributed by atoms with Crippen LogP contribution in [0.4, 0.5) is 0 Å². The van der Waals surface area contributed by atoms with E-state index < -0.39 is 0 Å². The van der Waals surface area contributed by atoms with Gasteiger partial charge in [-0.25, -0.2) is 0 Å². The summed E-state index contributed by atoms with van der Waals surface area (Å²) in [5.74, 6) is -0.388. The third-order valence-electron chi connectivity index (χ3n) is 1.75. The standard InChI is InChI=1S/C10H13N3O2S/c1-2-11-10(16)13-12-6-7-4-3-5-8(14)9(7)15/h3-6,14-15H,2H2,1H3,(H2,11,13,16). The maximum atomic E-state index is 9.45. The molecule has 1 rings (SSSR count). The number of rotatable bonds is 3. The highest BCUT2D eigenvalue weighted by molar-refractivity contribution is 7.80. The van der Waals surface area contributed by atoms with Gasteiger partial charge in [0.25, 0.3) is 0 Å². The van der Waals surface area contributed by atoms with Crippen molar-refractivity contribution in [1.29, 1.82) is 0 Å². The molecule has 0 aliphatic heterocycles. The molecule has 0 atom stereocenters. The van der Waals surface area contributed by atoms with E-state index in [2.05, 4.69) is 15.8 Å². The molecule has 0 amide bonds. The van der Waals surface area contributed by atoms with E-state index >= 15 is 0 Å². The summed E-state index contributed by atoms with van der Waals surface area (Å²) in [4.78, 5) is 0. The van der Waals surface area contributed by atoms with Crippen LogP contribution in [0.2, 0.25) is 0 Å². The second-order valence-corrected chi connectivity index (χ2v) is 3.35. The average molecular weight is 239 g/mol. The fourth-order valence-corrected chi connectivity index (χ4v) is 1.21. The molecule has 1 aromatic carbocycles. The third-order valence-corrected chi connectivity index (χ3v) is 1.99. The van der Waals surface area contributed by atoms with E-state index in [-0.39, 0.29) is 11.5 Å². The van der Waals surface area contributed by atoms with E-state index in [9.17, 15) is 10.2 Å². The summed E-state index contributed by atoms with van der Waals surface area (Å²) in [5.41, 5.74) is 2.98. The molecule has 0 spiro atoms. The predicted octanol–water partition coefficient (Wildman–Crippen LogP) is 0.916. The normalized spacial score (nSPS) is 10.3. The van der Waals surface area contributed by atoms with Crippen LogP contribution < -0.4 is 10.7 Å². The number of aromatic hydroxyl groups is 2. The Morgan fingerprint density at radius 1 is 1.50 bits per heavy atom. The number of thiocarbonyl (C=S) groups is 1. The SMILES string of the molecule is CCNC(=S)NN=Cc1cccc(O)c1O. The van der Waals surface area contributed by atoms with Gasteiger partial charge in [0, 0.05) is 12.1 Å². The lowest BCUT2D eigenvalue weighted by atomic mass is 10.2. The van der Waals surface area contributed by atoms with E-state index in [0.717, 1.165) is 0 Å². The van der Waals surface area contributed by atoms with Gasteiger partial charge < -0.3 is 15.5 Å². The first-order valence-corrected chi connectivity index (χ1v) is 5.13. The van der Waals surface area contributed by atoms with Gasteiger partial charge in [0.1, 0.15) is 0 Å². The molecule has 0 aliphatic rings. The van der Waals surface area contributed by atoms with E-state index in [1.807, 2.05) is 6.92 Å². The van der Waals surface area contributed by atoms with Crippen molar-refractivity contribution in [1.82, 2.24) is 10.7 Å². The molecule has 0 radical (unpaired) electrons. The minimum atomic E-state index is -0.206. The number of nitrogens with one attached hydrogen (secondary N) is 2. The Morgan fingerprint density at radius 2 is 2.25 bits per heavy atom. The predicted molar refractivity (Wildman–Crippen MR) is 66.8 cm³/mol. The highest BCUT2D eigenvalue weighted by atomic mass is 32.1. The monoisotopic (exact) mass is 239 g/mol. The van der Waals surface area contributed by atoms with Crippen molar-refractivity contribution in [2.24, 2.45) is 5.10 Å². The Morgan fingerprint density at radius 3 is 2.94 bits per heavy atom. The Labute approximate surface area is 98.8 Å². The van der Waals surface area contributed by atoms with E-state index in [1.165, 1.54) is 12.3 Å². The smallest absolute Gasteiger partial charge is 0.186 e. The zero-order valence-corrected chi connectivity index (χ0v) is 9.58. The van der Waals surface area contributed by atoms with Gasteiger partial charge in [0.2, 0.25) is 0 Å². The topological polar surface area (TPSA) is 76.9 Å². The molecule has 0 heterocycles. The maximum absolute atomic E-state index is 9.45. The summed E-state index contributed by atoms with van der Waals surface area (Å²) in [6.45, 7) is 2.62. The lowest BCUT2D eigenvalue weighted by Gasteiger charge is -2.03. The van der Waals surface area contributed by atoms with Gasteiger partial charge in [-0.3, -0.25) is 5.43 Å². The Bertz CT molecular complexity index is 407. The van der Waals surface area contributed by atoms with E-state index in [4.69, 9.17) is 12.2 Å². The number of benzene rings is 1. The van der Waals surface area contributed by atoms with Crippen LogP contribution >= 0.6 is 12.2 Å². The van der Waals surface area contributed by atoms with Crippen molar-refractivity contribution in [2.45, 2.75) is 6.92 Å². The third kappa shape index (κ3) is 3.39. The number of phenolic OH excluding ortho intramolecular Hbond substituents is 2. The van der Waals surface area contributed by atoms with Gasteiger partial charge in [-0.05, 0) is 31.3 Å². The fraction of sp³-hybridized carbons (Fsp3) is 0.200. The molecular weight excluding hydrogens is 226 g/mol. The number of phenols is 2. The molecule has 86 valence electrons. The molecule has 4 N–H and O–H groups in total. The zero-order chi connectivity index (χ0) is 12.0. The Kier molecular flexibility index (Phi) is 4.53. The minimum absolute atomic E-state index is 0.182. The molecular formula is C10H13N3O2S. The molecule has 6 heteroatoms. The van der Waals surface area contributed by atoms with Crippen molar-refractivity contribution in [3.05, 3.63) is 23.8 Å². The van der Waals surface area contributed by atoms with Gasteiger partial charge in [-0.1, -0.05) is 6.07 Å². The summed E-state index contributed by atoms with van der Waals surface area (Å²) in [6.07, 6.45) is 1.37. The van der Waals surface area contributed by atoms with Crippen molar-refractivity contribution in [3.63, 3.8) is 0 Å². The molecule has 0 saturated carbocycles. The number of nitrogens with zero attached hydrogens (tertiary/aromatic N) is 1. The molecule has 0 unspecified atom stereocenters. The first-order valence-electron chi connectivity index (χ1n) is 4.73. The van der Waals surface area contributed by atoms with Crippen LogP contribution in [-0.2, 0) is 0 Å². The largest absolute Gasteiger partial charge is 0.504 e. The van der Waals surface area contributed by atoms with Crippen LogP contribution in [0, 0.1) is 0 Å². The van der Waals surface area contributed by atoms with E-state index in [0.29, 0.717) is 17.2 Å². The molecule has 1 aromatic rings. The summed E-state index contributed by atoms with van der Waals surface area (Å²) in [5, 5.41) is 25.7. The second-order valence-electron chi connectivity index (χ2n) is 2.94. The number of para-hydroxylation sites is 1. The second kappa shape index (κ2) is 5.92. The first-order chi connectivity index (χ1) is 7.65. The Balaban J connectivity index is 2.63. The average Bonchev–Trinajstić information content (AvgIpc) is 2.25. The van der Waals surface area contributed by atoms with Crippen molar-refractivity contribution in [3.8, 4) is 11.5 Å². The zero-order valence-electron chi connectivity index (χ0n) is 8.77. The lowest BCUT2D eigenvalue weighted by molar-refractivity contribution is 0.403. The van der Waals surface area contributed by atoms with Gasteiger partial charge in [0.05, 0.1) is 6.21 Å².